The topological polar surface area (TPSA) is 25.8 Å². The van der Waals surface area contributed by atoms with Crippen molar-refractivity contribution in [1.29, 1.82) is 0 Å². The van der Waals surface area contributed by atoms with Crippen LogP contribution in [0.1, 0.15) is 31.0 Å². The molecule has 0 saturated heterocycles. The second-order valence-corrected chi connectivity index (χ2v) is 2.76. The predicted molar refractivity (Wildman–Crippen MR) is 45.4 cm³/mol. The first-order valence-corrected chi connectivity index (χ1v) is 4.11. The molecule has 1 aromatic rings. The molecule has 0 aliphatic rings. The molecule has 2 nitrogen and oxygen atoms in total. The molecule has 0 spiro atoms. The van der Waals surface area contributed by atoms with E-state index in [0.29, 0.717) is 0 Å². The lowest BCUT2D eigenvalue weighted by atomic mass is 10.1. The maximum atomic E-state index is 4.07. The van der Waals surface area contributed by atoms with Crippen LogP contribution >= 0.6 is 0 Å². The molecule has 0 radical (unpaired) electrons. The van der Waals surface area contributed by atoms with Crippen molar-refractivity contribution < 1.29 is 0 Å². The molecular formula is C9H14N2. The van der Waals surface area contributed by atoms with Crippen LogP contribution < -0.4 is 0 Å². The van der Waals surface area contributed by atoms with Crippen molar-refractivity contribution in [2.24, 2.45) is 0 Å². The molecule has 0 saturated carbocycles. The Balaban J connectivity index is 2.62. The molecule has 11 heavy (non-hydrogen) atoms. The van der Waals surface area contributed by atoms with Gasteiger partial charge in [0, 0.05) is 6.20 Å². The Kier molecular flexibility index (Phi) is 3.02. The van der Waals surface area contributed by atoms with Crippen LogP contribution in [0.4, 0.5) is 0 Å². The van der Waals surface area contributed by atoms with Crippen molar-refractivity contribution in [1.82, 2.24) is 10.2 Å². The molecular weight excluding hydrogens is 136 g/mol. The van der Waals surface area contributed by atoms with Crippen LogP contribution in [0.5, 0.6) is 0 Å². The molecule has 2 heteroatoms. The van der Waals surface area contributed by atoms with E-state index in [1.807, 2.05) is 6.07 Å². The van der Waals surface area contributed by atoms with Gasteiger partial charge in [0.2, 0.25) is 0 Å². The van der Waals surface area contributed by atoms with E-state index >= 15 is 0 Å². The van der Waals surface area contributed by atoms with E-state index < -0.39 is 0 Å². The molecule has 0 aromatic carbocycles. The fourth-order valence-corrected chi connectivity index (χ4v) is 1.01. The number of hydrogen-bond acceptors (Lipinski definition) is 2. The van der Waals surface area contributed by atoms with Gasteiger partial charge in [-0.2, -0.15) is 10.2 Å². The summed E-state index contributed by atoms with van der Waals surface area (Å²) in [6.45, 7) is 4.27. The van der Waals surface area contributed by atoms with E-state index in [-0.39, 0.29) is 0 Å². The Morgan fingerprint density at radius 1 is 1.45 bits per heavy atom. The molecule has 0 bridgehead atoms. The third kappa shape index (κ3) is 2.30. The Morgan fingerprint density at radius 3 is 2.91 bits per heavy atom. The molecule has 0 fully saturated rings. The zero-order valence-electron chi connectivity index (χ0n) is 7.17. The minimum Gasteiger partial charge on any atom is -0.159 e. The van der Waals surface area contributed by atoms with Gasteiger partial charge in [0.1, 0.15) is 0 Å². The third-order valence-electron chi connectivity index (χ3n) is 1.79. The van der Waals surface area contributed by atoms with Gasteiger partial charge >= 0.3 is 0 Å². The van der Waals surface area contributed by atoms with Gasteiger partial charge in [0.15, 0.2) is 0 Å². The summed E-state index contributed by atoms with van der Waals surface area (Å²) < 4.78 is 0. The zero-order valence-corrected chi connectivity index (χ0v) is 7.17. The first kappa shape index (κ1) is 8.18. The number of rotatable bonds is 3. The molecule has 60 valence electrons. The lowest BCUT2D eigenvalue weighted by Crippen LogP contribution is -1.95. The molecule has 0 atom stereocenters. The normalized spacial score (nSPS) is 10.0. The Labute approximate surface area is 67.7 Å². The monoisotopic (exact) mass is 150 g/mol. The second kappa shape index (κ2) is 4.06. The quantitative estimate of drug-likeness (QED) is 0.659. The van der Waals surface area contributed by atoms with Crippen molar-refractivity contribution in [2.75, 3.05) is 0 Å². The Morgan fingerprint density at radius 2 is 2.27 bits per heavy atom. The first-order valence-electron chi connectivity index (χ1n) is 4.11. The molecule has 0 aliphatic carbocycles. The van der Waals surface area contributed by atoms with Gasteiger partial charge in [0.25, 0.3) is 0 Å². The average molecular weight is 150 g/mol. The largest absolute Gasteiger partial charge is 0.159 e. The van der Waals surface area contributed by atoms with Crippen LogP contribution in [-0.4, -0.2) is 10.2 Å². The van der Waals surface area contributed by atoms with Crippen molar-refractivity contribution >= 4 is 0 Å². The molecule has 0 aliphatic heterocycles. The maximum absolute atomic E-state index is 4.07. The highest BCUT2D eigenvalue weighted by atomic mass is 15.1. The van der Waals surface area contributed by atoms with E-state index in [1.165, 1.54) is 18.4 Å². The highest BCUT2D eigenvalue weighted by molar-refractivity contribution is 5.14. The van der Waals surface area contributed by atoms with Gasteiger partial charge < -0.3 is 0 Å². The number of hydrogen-bond donors (Lipinski definition) is 0. The maximum Gasteiger partial charge on any atom is 0.0660 e. The summed E-state index contributed by atoms with van der Waals surface area (Å²) in [4.78, 5) is 0. The standard InChI is InChI=1S/C9H14N2/c1-3-4-5-9-8(2)6-7-10-11-9/h6-7H,3-5H2,1-2H3. The van der Waals surface area contributed by atoms with Gasteiger partial charge in [-0.3, -0.25) is 0 Å². The predicted octanol–water partition coefficient (Wildman–Crippen LogP) is 2.13. The summed E-state index contributed by atoms with van der Waals surface area (Å²) in [7, 11) is 0. The molecule has 0 amide bonds. The zero-order chi connectivity index (χ0) is 8.10. The summed E-state index contributed by atoms with van der Waals surface area (Å²) in [5.74, 6) is 0. The second-order valence-electron chi connectivity index (χ2n) is 2.76. The highest BCUT2D eigenvalue weighted by Gasteiger charge is 1.97. The number of unbranched alkanes of at least 4 members (excludes halogenated alkanes) is 1. The summed E-state index contributed by atoms with van der Waals surface area (Å²) in [6.07, 6.45) is 5.23. The molecule has 0 N–H and O–H groups in total. The summed E-state index contributed by atoms with van der Waals surface area (Å²) >= 11 is 0. The van der Waals surface area contributed by atoms with Gasteiger partial charge in [-0.05, 0) is 31.4 Å². The van der Waals surface area contributed by atoms with Crippen LogP contribution in [0.25, 0.3) is 0 Å². The van der Waals surface area contributed by atoms with Crippen molar-refractivity contribution in [2.45, 2.75) is 33.1 Å². The van der Waals surface area contributed by atoms with E-state index in [9.17, 15) is 0 Å². The minimum absolute atomic E-state index is 1.07. The number of nitrogens with zero attached hydrogens (tertiary/aromatic N) is 2. The Hall–Kier alpha value is -0.920. The SMILES string of the molecule is CCCCc1nnccc1C. The highest BCUT2D eigenvalue weighted by Crippen LogP contribution is 2.05. The van der Waals surface area contributed by atoms with E-state index in [0.717, 1.165) is 12.1 Å². The number of aryl methyl sites for hydroxylation is 2. The summed E-state index contributed by atoms with van der Waals surface area (Å²) in [6, 6.07) is 2.01. The molecule has 1 heterocycles. The molecule has 1 rings (SSSR count). The van der Waals surface area contributed by atoms with Gasteiger partial charge in [-0.15, -0.1) is 0 Å². The van der Waals surface area contributed by atoms with E-state index in [2.05, 4.69) is 24.0 Å². The van der Waals surface area contributed by atoms with Gasteiger partial charge in [0.05, 0.1) is 5.69 Å². The molecule has 0 unspecified atom stereocenters. The Bertz CT molecular complexity index is 221. The third-order valence-corrected chi connectivity index (χ3v) is 1.79. The van der Waals surface area contributed by atoms with Crippen molar-refractivity contribution in [3.63, 3.8) is 0 Å². The van der Waals surface area contributed by atoms with Gasteiger partial charge in [-0.1, -0.05) is 13.3 Å². The minimum atomic E-state index is 1.07. The summed E-state index contributed by atoms with van der Waals surface area (Å²) in [5.41, 5.74) is 2.41. The van der Waals surface area contributed by atoms with Crippen LogP contribution in [0, 0.1) is 6.92 Å². The first-order chi connectivity index (χ1) is 5.34. The fraction of sp³-hybridized carbons (Fsp3) is 0.556. The lowest BCUT2D eigenvalue weighted by Gasteiger charge is -2.00. The summed E-state index contributed by atoms with van der Waals surface area (Å²) in [5, 5.41) is 7.91. The van der Waals surface area contributed by atoms with Crippen LogP contribution in [0.3, 0.4) is 0 Å². The van der Waals surface area contributed by atoms with Gasteiger partial charge in [-0.25, -0.2) is 0 Å². The smallest absolute Gasteiger partial charge is 0.0660 e. The average Bonchev–Trinajstić information content (AvgIpc) is 2.03. The lowest BCUT2D eigenvalue weighted by molar-refractivity contribution is 0.753. The van der Waals surface area contributed by atoms with Crippen LogP contribution in [-0.2, 0) is 6.42 Å². The number of aromatic nitrogens is 2. The van der Waals surface area contributed by atoms with Crippen LogP contribution in [0.15, 0.2) is 12.3 Å². The van der Waals surface area contributed by atoms with Crippen molar-refractivity contribution in [3.05, 3.63) is 23.5 Å². The van der Waals surface area contributed by atoms with Crippen LogP contribution in [0.2, 0.25) is 0 Å². The fourth-order valence-electron chi connectivity index (χ4n) is 1.01. The van der Waals surface area contributed by atoms with E-state index in [4.69, 9.17) is 0 Å². The van der Waals surface area contributed by atoms with E-state index in [1.54, 1.807) is 6.20 Å². The molecule has 1 aromatic heterocycles. The van der Waals surface area contributed by atoms with Crippen molar-refractivity contribution in [3.8, 4) is 0 Å².